The van der Waals surface area contributed by atoms with Gasteiger partial charge in [-0.05, 0) is 74.5 Å². The number of fused-ring (bicyclic) bond motifs is 1. The average molecular weight is 508 g/mol. The Morgan fingerprint density at radius 2 is 1.91 bits per heavy atom. The molecular formula is C27H38ClNO6. The lowest BCUT2D eigenvalue weighted by atomic mass is 9.62. The van der Waals surface area contributed by atoms with Gasteiger partial charge in [-0.15, -0.1) is 0 Å². The van der Waals surface area contributed by atoms with E-state index in [-0.39, 0.29) is 29.5 Å². The molecule has 1 amide bonds. The van der Waals surface area contributed by atoms with Crippen LogP contribution in [0.2, 0.25) is 5.02 Å². The van der Waals surface area contributed by atoms with Gasteiger partial charge in [0.1, 0.15) is 5.75 Å². The van der Waals surface area contributed by atoms with Gasteiger partial charge in [0.05, 0.1) is 23.7 Å². The predicted octanol–water partition coefficient (Wildman–Crippen LogP) is 4.70. The first-order chi connectivity index (χ1) is 16.7. The molecule has 1 saturated carbocycles. The van der Waals surface area contributed by atoms with E-state index in [1.54, 1.807) is 12.1 Å². The molecule has 1 aromatic carbocycles. The lowest BCUT2D eigenvalue weighted by Gasteiger charge is -2.44. The van der Waals surface area contributed by atoms with Crippen LogP contribution >= 0.6 is 11.6 Å². The summed E-state index contributed by atoms with van der Waals surface area (Å²) in [4.78, 5) is 25.5. The Balaban J connectivity index is 1.40. The number of rotatable bonds is 6. The maximum Gasteiger partial charge on any atom is 0.308 e. The Bertz CT molecular complexity index is 925. The van der Waals surface area contributed by atoms with Crippen LogP contribution in [-0.2, 0) is 9.53 Å². The molecule has 0 spiro atoms. The van der Waals surface area contributed by atoms with Gasteiger partial charge in [-0.2, -0.15) is 0 Å². The van der Waals surface area contributed by atoms with E-state index in [1.807, 2.05) is 6.92 Å². The van der Waals surface area contributed by atoms with E-state index in [9.17, 15) is 19.8 Å². The zero-order valence-corrected chi connectivity index (χ0v) is 21.6. The molecule has 0 bridgehead atoms. The van der Waals surface area contributed by atoms with Crippen molar-refractivity contribution in [3.8, 4) is 5.75 Å². The summed E-state index contributed by atoms with van der Waals surface area (Å²) in [7, 11) is 0. The summed E-state index contributed by atoms with van der Waals surface area (Å²) in [5.41, 5.74) is 0.379. The summed E-state index contributed by atoms with van der Waals surface area (Å²) in [5, 5.41) is 20.4. The van der Waals surface area contributed by atoms with Crippen LogP contribution in [0, 0.1) is 35.5 Å². The van der Waals surface area contributed by atoms with Crippen molar-refractivity contribution in [3.63, 3.8) is 0 Å². The number of carboxylic acid groups (broad SMARTS) is 1. The number of nitrogens with zero attached hydrogens (tertiary/aromatic N) is 1. The first-order valence-electron chi connectivity index (χ1n) is 12.9. The van der Waals surface area contributed by atoms with E-state index < -0.39 is 18.2 Å². The fraction of sp³-hybridized carbons (Fsp3) is 0.704. The van der Waals surface area contributed by atoms with Crippen LogP contribution in [0.15, 0.2) is 18.2 Å². The van der Waals surface area contributed by atoms with Crippen LogP contribution in [0.3, 0.4) is 0 Å². The molecule has 194 valence electrons. The Morgan fingerprint density at radius 3 is 2.60 bits per heavy atom. The van der Waals surface area contributed by atoms with E-state index in [0.717, 1.165) is 25.9 Å². The van der Waals surface area contributed by atoms with Crippen LogP contribution in [0.5, 0.6) is 5.75 Å². The van der Waals surface area contributed by atoms with Crippen LogP contribution < -0.4 is 4.74 Å². The summed E-state index contributed by atoms with van der Waals surface area (Å²) in [5.74, 6) is 0.551. The zero-order chi connectivity index (χ0) is 25.3. The minimum atomic E-state index is -1.02. The Kier molecular flexibility index (Phi) is 8.29. The highest BCUT2D eigenvalue weighted by atomic mass is 35.5. The van der Waals surface area contributed by atoms with Gasteiger partial charge in [-0.25, -0.2) is 0 Å². The quantitative estimate of drug-likeness (QED) is 0.542. The molecule has 1 aliphatic carbocycles. The molecule has 2 unspecified atom stereocenters. The number of ether oxygens (including phenoxy) is 2. The van der Waals surface area contributed by atoms with Gasteiger partial charge in [-0.3, -0.25) is 9.59 Å². The normalized spacial score (nSPS) is 32.9. The number of benzene rings is 1. The van der Waals surface area contributed by atoms with Gasteiger partial charge in [0.25, 0.3) is 5.91 Å². The lowest BCUT2D eigenvalue weighted by molar-refractivity contribution is -0.141. The number of aliphatic hydroxyl groups is 1. The molecule has 1 aromatic rings. The first kappa shape index (κ1) is 26.2. The molecule has 8 atom stereocenters. The molecule has 0 aromatic heterocycles. The third kappa shape index (κ3) is 5.78. The molecule has 3 aliphatic rings. The van der Waals surface area contributed by atoms with Gasteiger partial charge in [-0.1, -0.05) is 31.9 Å². The predicted molar refractivity (Wildman–Crippen MR) is 132 cm³/mol. The number of carbonyl (C=O) groups excluding carboxylic acids is 1. The van der Waals surface area contributed by atoms with Crippen molar-refractivity contribution in [3.05, 3.63) is 28.8 Å². The van der Waals surface area contributed by atoms with Gasteiger partial charge in [0, 0.05) is 24.6 Å². The van der Waals surface area contributed by atoms with E-state index in [4.69, 9.17) is 21.1 Å². The number of aliphatic hydroxyl groups excluding tert-OH is 1. The second kappa shape index (κ2) is 11.1. The highest BCUT2D eigenvalue weighted by molar-refractivity contribution is 6.32. The standard InChI is InChI=1S/C27H38ClNO6/c1-15-4-7-21(22-14-34-16(2)5-8-20(15)22)17(3)27(33)35-24-9-6-18(12-23(24)28)25(30)29-11-10-19(13-29)26(31)32/h6,9,12,15-17,19-22,27,33H,4-5,7-8,10-11,13-14H2,1-3H3,(H,31,32)/t15-,16?,17-,19-,20+,21+,22?,27-/m1/s1. The summed E-state index contributed by atoms with van der Waals surface area (Å²) in [6.07, 6.45) is 4.14. The monoisotopic (exact) mass is 507 g/mol. The minimum Gasteiger partial charge on any atom is -0.481 e. The average Bonchev–Trinajstić information content (AvgIpc) is 3.24. The largest absolute Gasteiger partial charge is 0.481 e. The third-order valence-corrected chi connectivity index (χ3v) is 8.94. The van der Waals surface area contributed by atoms with E-state index in [0.29, 0.717) is 48.0 Å². The fourth-order valence-electron chi connectivity index (χ4n) is 6.31. The Hall–Kier alpha value is -1.83. The molecule has 8 heteroatoms. The number of halogens is 1. The maximum absolute atomic E-state index is 12.8. The van der Waals surface area contributed by atoms with Crippen molar-refractivity contribution in [1.82, 2.24) is 4.90 Å². The summed E-state index contributed by atoms with van der Waals surface area (Å²) in [6.45, 7) is 7.86. The van der Waals surface area contributed by atoms with Crippen molar-refractivity contribution in [2.24, 2.45) is 35.5 Å². The van der Waals surface area contributed by atoms with Crippen molar-refractivity contribution >= 4 is 23.5 Å². The van der Waals surface area contributed by atoms with Crippen molar-refractivity contribution < 1.29 is 29.3 Å². The SMILES string of the molecule is CC1CC[C@@H]2C(CO1)[C@H]([C@@H](C)[C@H](O)Oc1ccc(C(=O)N3CC[C@@H](C(=O)O)C3)cc1Cl)CC[C@H]2C. The molecule has 0 radical (unpaired) electrons. The molecule has 2 heterocycles. The molecule has 2 aliphatic heterocycles. The van der Waals surface area contributed by atoms with Gasteiger partial charge >= 0.3 is 5.97 Å². The Labute approximate surface area is 212 Å². The second-order valence-electron chi connectivity index (χ2n) is 10.9. The number of likely N-dealkylation sites (tertiary alicyclic amines) is 1. The highest BCUT2D eigenvalue weighted by Gasteiger charge is 2.43. The molecule has 4 rings (SSSR count). The minimum absolute atomic E-state index is 0.0954. The topological polar surface area (TPSA) is 96.3 Å². The number of hydrogen-bond acceptors (Lipinski definition) is 5. The van der Waals surface area contributed by atoms with Crippen molar-refractivity contribution in [2.75, 3.05) is 19.7 Å². The molecule has 7 nitrogen and oxygen atoms in total. The van der Waals surface area contributed by atoms with Gasteiger partial charge < -0.3 is 24.6 Å². The van der Waals surface area contributed by atoms with Crippen LogP contribution in [-0.4, -0.2) is 59.1 Å². The number of carbonyl (C=O) groups is 2. The lowest BCUT2D eigenvalue weighted by Crippen LogP contribution is -2.42. The molecule has 2 saturated heterocycles. The van der Waals surface area contributed by atoms with E-state index in [2.05, 4.69) is 13.8 Å². The van der Waals surface area contributed by atoms with Gasteiger partial charge in [0.2, 0.25) is 0 Å². The molecule has 35 heavy (non-hydrogen) atoms. The first-order valence-corrected chi connectivity index (χ1v) is 13.3. The fourth-order valence-corrected chi connectivity index (χ4v) is 6.54. The van der Waals surface area contributed by atoms with Gasteiger partial charge in [0.15, 0.2) is 6.29 Å². The van der Waals surface area contributed by atoms with Crippen LogP contribution in [0.25, 0.3) is 0 Å². The van der Waals surface area contributed by atoms with Crippen molar-refractivity contribution in [2.45, 2.75) is 65.3 Å². The zero-order valence-electron chi connectivity index (χ0n) is 20.9. The second-order valence-corrected chi connectivity index (χ2v) is 11.3. The Morgan fingerprint density at radius 1 is 1.14 bits per heavy atom. The van der Waals surface area contributed by atoms with Crippen LogP contribution in [0.4, 0.5) is 0 Å². The number of carboxylic acids is 1. The smallest absolute Gasteiger partial charge is 0.308 e. The number of amides is 1. The van der Waals surface area contributed by atoms with E-state index in [1.165, 1.54) is 17.4 Å². The summed E-state index contributed by atoms with van der Waals surface area (Å²) in [6, 6.07) is 4.76. The van der Waals surface area contributed by atoms with E-state index >= 15 is 0 Å². The third-order valence-electron chi connectivity index (χ3n) is 8.64. The number of hydrogen-bond donors (Lipinski definition) is 2. The highest BCUT2D eigenvalue weighted by Crippen LogP contribution is 2.47. The number of aliphatic carboxylic acids is 1. The van der Waals surface area contributed by atoms with Crippen molar-refractivity contribution in [1.29, 1.82) is 0 Å². The molecular weight excluding hydrogens is 470 g/mol. The van der Waals surface area contributed by atoms with Crippen LogP contribution in [0.1, 0.15) is 63.2 Å². The summed E-state index contributed by atoms with van der Waals surface area (Å²) < 4.78 is 12.0. The molecule has 2 N–H and O–H groups in total. The summed E-state index contributed by atoms with van der Waals surface area (Å²) >= 11 is 6.44. The maximum atomic E-state index is 12.8. The molecule has 3 fully saturated rings.